The topological polar surface area (TPSA) is 66.5 Å². The highest BCUT2D eigenvalue weighted by molar-refractivity contribution is 7.92. The average molecular weight is 481 g/mol. The number of hydrogen-bond acceptors (Lipinski definition) is 3. The van der Waals surface area contributed by atoms with E-state index in [2.05, 4.69) is 23.5 Å². The Kier molecular flexibility index (Phi) is 7.32. The summed E-state index contributed by atoms with van der Waals surface area (Å²) in [6.45, 7) is 1.58. The van der Waals surface area contributed by atoms with Crippen LogP contribution in [0.4, 0.5) is 10.1 Å². The molecule has 0 saturated heterocycles. The smallest absolute Gasteiger partial charge is 0.264 e. The zero-order valence-electron chi connectivity index (χ0n) is 19.2. The molecule has 34 heavy (non-hydrogen) atoms. The van der Waals surface area contributed by atoms with E-state index in [9.17, 15) is 17.6 Å². The Morgan fingerprint density at radius 1 is 0.971 bits per heavy atom. The molecule has 0 unspecified atom stereocenters. The Hall–Kier alpha value is -3.19. The van der Waals surface area contributed by atoms with Gasteiger partial charge in [-0.05, 0) is 85.2 Å². The molecule has 7 heteroatoms. The predicted molar refractivity (Wildman–Crippen MR) is 132 cm³/mol. The first-order valence-electron chi connectivity index (χ1n) is 11.6. The fourth-order valence-electron chi connectivity index (χ4n) is 4.40. The molecule has 1 aliphatic carbocycles. The van der Waals surface area contributed by atoms with Gasteiger partial charge in [0.1, 0.15) is 12.4 Å². The van der Waals surface area contributed by atoms with E-state index >= 15 is 0 Å². The first-order valence-corrected chi connectivity index (χ1v) is 13.1. The lowest BCUT2D eigenvalue weighted by molar-refractivity contribution is -0.120. The van der Waals surface area contributed by atoms with Gasteiger partial charge in [0, 0.05) is 0 Å². The molecule has 1 atom stereocenters. The van der Waals surface area contributed by atoms with Crippen LogP contribution >= 0.6 is 0 Å². The van der Waals surface area contributed by atoms with Crippen molar-refractivity contribution in [3.8, 4) is 0 Å². The van der Waals surface area contributed by atoms with Crippen molar-refractivity contribution in [3.05, 3.63) is 95.3 Å². The molecule has 0 heterocycles. The summed E-state index contributed by atoms with van der Waals surface area (Å²) in [6, 6.07) is 19.2. The molecule has 1 amide bonds. The number of hydrogen-bond donors (Lipinski definition) is 1. The van der Waals surface area contributed by atoms with Crippen LogP contribution in [0.3, 0.4) is 0 Å². The maximum atomic E-state index is 13.5. The van der Waals surface area contributed by atoms with Gasteiger partial charge in [-0.15, -0.1) is 0 Å². The molecule has 0 aromatic heterocycles. The molecule has 0 aliphatic heterocycles. The third-order valence-electron chi connectivity index (χ3n) is 6.25. The van der Waals surface area contributed by atoms with Gasteiger partial charge in [0.2, 0.25) is 5.91 Å². The van der Waals surface area contributed by atoms with E-state index < -0.39 is 28.3 Å². The lowest BCUT2D eigenvalue weighted by atomic mass is 9.89. The number of sulfonamides is 1. The van der Waals surface area contributed by atoms with Crippen LogP contribution < -0.4 is 9.62 Å². The third kappa shape index (κ3) is 5.30. The van der Waals surface area contributed by atoms with Gasteiger partial charge in [-0.1, -0.05) is 43.3 Å². The number of nitrogens with zero attached hydrogens (tertiary/aromatic N) is 1. The first-order chi connectivity index (χ1) is 16.4. The second kappa shape index (κ2) is 10.4. The van der Waals surface area contributed by atoms with Gasteiger partial charge in [0.25, 0.3) is 10.0 Å². The number of anilines is 1. The largest absolute Gasteiger partial charge is 0.348 e. The first kappa shape index (κ1) is 24.0. The van der Waals surface area contributed by atoms with Crippen LogP contribution in [-0.4, -0.2) is 20.9 Å². The van der Waals surface area contributed by atoms with E-state index in [0.29, 0.717) is 6.42 Å². The Morgan fingerprint density at radius 2 is 1.65 bits per heavy atom. The minimum atomic E-state index is -4.03. The molecule has 178 valence electrons. The number of aryl methyl sites for hydroxylation is 2. The molecule has 0 fully saturated rings. The molecular weight excluding hydrogens is 451 g/mol. The molecule has 0 radical (unpaired) electrons. The number of carbonyl (C=O) groups excluding carboxylic acids is 1. The quantitative estimate of drug-likeness (QED) is 0.484. The van der Waals surface area contributed by atoms with Crippen molar-refractivity contribution in [2.24, 2.45) is 0 Å². The van der Waals surface area contributed by atoms with Crippen LogP contribution in [0.2, 0.25) is 0 Å². The molecule has 1 N–H and O–H groups in total. The Morgan fingerprint density at radius 3 is 2.32 bits per heavy atom. The van der Waals surface area contributed by atoms with E-state index in [4.69, 9.17) is 0 Å². The van der Waals surface area contributed by atoms with Gasteiger partial charge in [-0.3, -0.25) is 9.10 Å². The minimum Gasteiger partial charge on any atom is -0.348 e. The SMILES string of the molecule is CC[C@@H](NC(=O)CN(c1ccc(F)cc1)S(=O)(=O)c1ccccc1)c1ccc2c(c1)CCCC2. The highest BCUT2D eigenvalue weighted by Crippen LogP contribution is 2.27. The molecule has 1 aliphatic rings. The van der Waals surface area contributed by atoms with Crippen LogP contribution in [0.1, 0.15) is 48.9 Å². The van der Waals surface area contributed by atoms with E-state index in [0.717, 1.165) is 22.7 Å². The van der Waals surface area contributed by atoms with Gasteiger partial charge in [0.05, 0.1) is 16.6 Å². The van der Waals surface area contributed by atoms with Crippen molar-refractivity contribution >= 4 is 21.6 Å². The van der Waals surface area contributed by atoms with Gasteiger partial charge >= 0.3 is 0 Å². The molecular formula is C27H29FN2O3S. The van der Waals surface area contributed by atoms with Gasteiger partial charge in [-0.25, -0.2) is 12.8 Å². The summed E-state index contributed by atoms with van der Waals surface area (Å²) in [5, 5.41) is 3.01. The molecule has 0 saturated carbocycles. The summed E-state index contributed by atoms with van der Waals surface area (Å²) < 4.78 is 41.3. The summed E-state index contributed by atoms with van der Waals surface area (Å²) in [7, 11) is -4.03. The molecule has 0 bridgehead atoms. The second-order valence-electron chi connectivity index (χ2n) is 8.56. The predicted octanol–water partition coefficient (Wildman–Crippen LogP) is 5.17. The monoisotopic (exact) mass is 480 g/mol. The maximum Gasteiger partial charge on any atom is 0.264 e. The van der Waals surface area contributed by atoms with E-state index in [1.54, 1.807) is 18.2 Å². The van der Waals surface area contributed by atoms with Crippen molar-refractivity contribution in [2.45, 2.75) is 50.0 Å². The van der Waals surface area contributed by atoms with Crippen LogP contribution in [-0.2, 0) is 27.7 Å². The normalized spacial score (nSPS) is 14.2. The number of amides is 1. The average Bonchev–Trinajstić information content (AvgIpc) is 2.86. The fourth-order valence-corrected chi connectivity index (χ4v) is 5.85. The standard InChI is InChI=1S/C27H29FN2O3S/c1-2-26(22-13-12-20-8-6-7-9-21(20)18-22)29-27(31)19-30(24-16-14-23(28)15-17-24)34(32,33)25-10-4-3-5-11-25/h3-5,10-18,26H,2,6-9,19H2,1H3,(H,29,31)/t26-/m1/s1. The lowest BCUT2D eigenvalue weighted by Crippen LogP contribution is -2.42. The fraction of sp³-hybridized carbons (Fsp3) is 0.296. The molecule has 3 aromatic carbocycles. The number of rotatable bonds is 8. The molecule has 0 spiro atoms. The summed E-state index contributed by atoms with van der Waals surface area (Å²) in [4.78, 5) is 13.2. The van der Waals surface area contributed by atoms with Gasteiger partial charge in [-0.2, -0.15) is 0 Å². The number of fused-ring (bicyclic) bond motifs is 1. The van der Waals surface area contributed by atoms with E-state index in [1.165, 1.54) is 60.4 Å². The number of benzene rings is 3. The summed E-state index contributed by atoms with van der Waals surface area (Å²) in [5.41, 5.74) is 3.95. The Labute approximate surface area is 200 Å². The molecule has 3 aromatic rings. The van der Waals surface area contributed by atoms with Gasteiger partial charge in [0.15, 0.2) is 0 Å². The summed E-state index contributed by atoms with van der Waals surface area (Å²) >= 11 is 0. The Bertz CT molecular complexity index is 1240. The van der Waals surface area contributed by atoms with Crippen molar-refractivity contribution in [1.82, 2.24) is 5.32 Å². The highest BCUT2D eigenvalue weighted by atomic mass is 32.2. The number of carbonyl (C=O) groups is 1. The highest BCUT2D eigenvalue weighted by Gasteiger charge is 2.28. The van der Waals surface area contributed by atoms with Crippen LogP contribution in [0.5, 0.6) is 0 Å². The Balaban J connectivity index is 1.58. The lowest BCUT2D eigenvalue weighted by Gasteiger charge is -2.26. The molecule has 5 nitrogen and oxygen atoms in total. The second-order valence-corrected chi connectivity index (χ2v) is 10.4. The molecule has 4 rings (SSSR count). The summed E-state index contributed by atoms with van der Waals surface area (Å²) in [5.74, 6) is -0.905. The summed E-state index contributed by atoms with van der Waals surface area (Å²) in [6.07, 6.45) is 5.18. The third-order valence-corrected chi connectivity index (χ3v) is 8.04. The van der Waals surface area contributed by atoms with E-state index in [1.807, 2.05) is 6.92 Å². The number of nitrogens with one attached hydrogen (secondary N) is 1. The minimum absolute atomic E-state index is 0.0638. The zero-order valence-corrected chi connectivity index (χ0v) is 20.0. The van der Waals surface area contributed by atoms with Crippen molar-refractivity contribution in [2.75, 3.05) is 10.8 Å². The maximum absolute atomic E-state index is 13.5. The van der Waals surface area contributed by atoms with Crippen molar-refractivity contribution in [1.29, 1.82) is 0 Å². The van der Waals surface area contributed by atoms with Crippen molar-refractivity contribution in [3.63, 3.8) is 0 Å². The van der Waals surface area contributed by atoms with Crippen molar-refractivity contribution < 1.29 is 17.6 Å². The van der Waals surface area contributed by atoms with Crippen LogP contribution in [0, 0.1) is 5.82 Å². The van der Waals surface area contributed by atoms with Crippen LogP contribution in [0.15, 0.2) is 77.7 Å². The van der Waals surface area contributed by atoms with Gasteiger partial charge < -0.3 is 5.32 Å². The zero-order chi connectivity index (χ0) is 24.1. The van der Waals surface area contributed by atoms with Crippen LogP contribution in [0.25, 0.3) is 0 Å². The number of halogens is 1. The van der Waals surface area contributed by atoms with E-state index in [-0.39, 0.29) is 16.6 Å².